The van der Waals surface area contributed by atoms with Crippen LogP contribution in [0.3, 0.4) is 0 Å². The highest BCUT2D eigenvalue weighted by molar-refractivity contribution is 6.31. The molecular formula is C23H21ClN4O3. The number of ether oxygens (including phenoxy) is 2. The Balaban J connectivity index is 1.87. The number of nitrogens with one attached hydrogen (secondary N) is 1. The van der Waals surface area contributed by atoms with Gasteiger partial charge < -0.3 is 13.9 Å². The van der Waals surface area contributed by atoms with Gasteiger partial charge in [-0.15, -0.1) is 0 Å². The fourth-order valence-corrected chi connectivity index (χ4v) is 3.42. The van der Waals surface area contributed by atoms with Crippen molar-refractivity contribution < 1.29 is 13.9 Å². The molecule has 2 aromatic heterocycles. The second-order valence-electron chi connectivity index (χ2n) is 6.90. The van der Waals surface area contributed by atoms with Crippen molar-refractivity contribution in [2.45, 2.75) is 13.8 Å². The maximum atomic E-state index is 6.22. The van der Waals surface area contributed by atoms with E-state index in [1.165, 1.54) is 0 Å². The molecule has 0 saturated heterocycles. The minimum atomic E-state index is 0.418. The first-order valence-electron chi connectivity index (χ1n) is 9.54. The number of halogens is 1. The van der Waals surface area contributed by atoms with Gasteiger partial charge in [-0.25, -0.2) is 15.4 Å². The van der Waals surface area contributed by atoms with Crippen molar-refractivity contribution in [1.82, 2.24) is 9.97 Å². The molecule has 0 saturated carbocycles. The molecule has 8 heteroatoms. The average Bonchev–Trinajstić information content (AvgIpc) is 2.76. The molecule has 0 fully saturated rings. The molecule has 158 valence electrons. The molecule has 0 amide bonds. The zero-order valence-electron chi connectivity index (χ0n) is 17.6. The minimum absolute atomic E-state index is 0.418. The average molecular weight is 437 g/mol. The monoisotopic (exact) mass is 436 g/mol. The third kappa shape index (κ3) is 4.46. The van der Waals surface area contributed by atoms with Crippen molar-refractivity contribution in [3.05, 3.63) is 70.3 Å². The summed E-state index contributed by atoms with van der Waals surface area (Å²) >= 11 is 6.22. The molecule has 0 atom stereocenters. The molecule has 4 aromatic rings. The first kappa shape index (κ1) is 20.7. The van der Waals surface area contributed by atoms with Crippen LogP contribution in [0.5, 0.6) is 11.5 Å². The zero-order chi connectivity index (χ0) is 22.0. The smallest absolute Gasteiger partial charge is 0.243 e. The second kappa shape index (κ2) is 8.65. The lowest BCUT2D eigenvalue weighted by molar-refractivity contribution is 0.355. The van der Waals surface area contributed by atoms with Crippen LogP contribution in [0.25, 0.3) is 22.3 Å². The summed E-state index contributed by atoms with van der Waals surface area (Å²) in [7, 11) is 3.19. The fraction of sp³-hybridized carbons (Fsp3) is 0.174. The summed E-state index contributed by atoms with van der Waals surface area (Å²) in [6.07, 6.45) is 0. The molecule has 0 aliphatic heterocycles. The number of anilines is 1. The number of aromatic nitrogens is 2. The molecule has 2 heterocycles. The third-order valence-electron chi connectivity index (χ3n) is 4.63. The van der Waals surface area contributed by atoms with Crippen molar-refractivity contribution in [3.8, 4) is 22.8 Å². The Hall–Kier alpha value is -3.58. The van der Waals surface area contributed by atoms with Gasteiger partial charge in [0.25, 0.3) is 0 Å². The van der Waals surface area contributed by atoms with Crippen LogP contribution < -0.4 is 20.3 Å². The Kier molecular flexibility index (Phi) is 5.77. The Bertz CT molecular complexity index is 1310. The van der Waals surface area contributed by atoms with Crippen molar-refractivity contribution in [2.24, 2.45) is 5.10 Å². The molecule has 0 radical (unpaired) electrons. The summed E-state index contributed by atoms with van der Waals surface area (Å²) in [5.41, 5.74) is 6.11. The molecule has 0 unspecified atom stereocenters. The Labute approximate surface area is 184 Å². The van der Waals surface area contributed by atoms with E-state index < -0.39 is 0 Å². The normalized spacial score (nSPS) is 11.6. The Morgan fingerprint density at radius 2 is 1.65 bits per heavy atom. The first-order chi connectivity index (χ1) is 15.0. The van der Waals surface area contributed by atoms with Crippen LogP contribution in [0.2, 0.25) is 5.02 Å². The van der Waals surface area contributed by atoms with Gasteiger partial charge in [0, 0.05) is 33.4 Å². The van der Waals surface area contributed by atoms with Crippen molar-refractivity contribution in [3.63, 3.8) is 0 Å². The number of nitrogens with zero attached hydrogens (tertiary/aromatic N) is 3. The van der Waals surface area contributed by atoms with Gasteiger partial charge in [0.15, 0.2) is 11.5 Å². The Morgan fingerprint density at radius 3 is 2.35 bits per heavy atom. The van der Waals surface area contributed by atoms with Gasteiger partial charge >= 0.3 is 0 Å². The SMILES string of the molecule is COc1ccc(-c2cc(=NNc3nc(C)cc(C)n3)c3cc(Cl)ccc3o2)cc1OC. The van der Waals surface area contributed by atoms with Crippen LogP contribution in [0.15, 0.2) is 58.0 Å². The van der Waals surface area contributed by atoms with Crippen molar-refractivity contribution in [1.29, 1.82) is 0 Å². The quantitative estimate of drug-likeness (QED) is 0.438. The highest BCUT2D eigenvalue weighted by Crippen LogP contribution is 2.33. The standard InChI is InChI=1S/C23H21ClN4O3/c1-13-9-14(2)26-23(25-13)28-27-18-12-21(31-19-8-6-16(24)11-17(18)19)15-5-7-20(29-3)22(10-15)30-4/h5-12H,1-4H3,(H,25,26,28). The largest absolute Gasteiger partial charge is 0.493 e. The lowest BCUT2D eigenvalue weighted by Gasteiger charge is -2.10. The summed E-state index contributed by atoms with van der Waals surface area (Å²) in [6.45, 7) is 3.82. The van der Waals surface area contributed by atoms with Gasteiger partial charge in [0.05, 0.1) is 19.6 Å². The van der Waals surface area contributed by atoms with Crippen LogP contribution >= 0.6 is 11.6 Å². The molecule has 0 spiro atoms. The zero-order valence-corrected chi connectivity index (χ0v) is 18.3. The summed E-state index contributed by atoms with van der Waals surface area (Å²) in [6, 6.07) is 14.7. The van der Waals surface area contributed by atoms with Gasteiger partial charge in [-0.1, -0.05) is 11.6 Å². The van der Waals surface area contributed by atoms with E-state index in [9.17, 15) is 0 Å². The van der Waals surface area contributed by atoms with E-state index in [1.807, 2.05) is 56.3 Å². The maximum Gasteiger partial charge on any atom is 0.243 e. The highest BCUT2D eigenvalue weighted by Gasteiger charge is 2.11. The summed E-state index contributed by atoms with van der Waals surface area (Å²) in [5, 5.41) is 6.52. The summed E-state index contributed by atoms with van der Waals surface area (Å²) < 4.78 is 16.9. The van der Waals surface area contributed by atoms with E-state index in [1.54, 1.807) is 20.3 Å². The van der Waals surface area contributed by atoms with Crippen molar-refractivity contribution >= 4 is 28.5 Å². The van der Waals surface area contributed by atoms with Gasteiger partial charge in [0.2, 0.25) is 5.95 Å². The van der Waals surface area contributed by atoms with E-state index in [0.29, 0.717) is 39.2 Å². The van der Waals surface area contributed by atoms with E-state index >= 15 is 0 Å². The number of methoxy groups -OCH3 is 2. The molecule has 7 nitrogen and oxygen atoms in total. The van der Waals surface area contributed by atoms with Gasteiger partial charge in [-0.3, -0.25) is 0 Å². The molecule has 1 N–H and O–H groups in total. The summed E-state index contributed by atoms with van der Waals surface area (Å²) in [5.74, 6) is 2.27. The van der Waals surface area contributed by atoms with E-state index in [0.717, 1.165) is 22.3 Å². The van der Waals surface area contributed by atoms with Crippen LogP contribution in [-0.2, 0) is 0 Å². The van der Waals surface area contributed by atoms with Crippen LogP contribution in [0.1, 0.15) is 11.4 Å². The van der Waals surface area contributed by atoms with Crippen LogP contribution in [0.4, 0.5) is 5.95 Å². The number of fused-ring (bicyclic) bond motifs is 1. The predicted molar refractivity (Wildman–Crippen MR) is 120 cm³/mol. The fourth-order valence-electron chi connectivity index (χ4n) is 3.25. The molecular weight excluding hydrogens is 416 g/mol. The molecule has 2 aromatic carbocycles. The molecule has 0 aliphatic carbocycles. The van der Waals surface area contributed by atoms with Crippen LogP contribution in [0, 0.1) is 13.8 Å². The van der Waals surface area contributed by atoms with Gasteiger partial charge in [-0.05, 0) is 56.3 Å². The lowest BCUT2D eigenvalue weighted by Crippen LogP contribution is -2.09. The number of hydrogen-bond acceptors (Lipinski definition) is 7. The maximum absolute atomic E-state index is 6.22. The number of rotatable bonds is 5. The van der Waals surface area contributed by atoms with Gasteiger partial charge in [0.1, 0.15) is 11.3 Å². The minimum Gasteiger partial charge on any atom is -0.493 e. The number of aryl methyl sites for hydroxylation is 2. The van der Waals surface area contributed by atoms with E-state index in [-0.39, 0.29) is 0 Å². The van der Waals surface area contributed by atoms with Crippen LogP contribution in [-0.4, -0.2) is 24.2 Å². The molecule has 0 bridgehead atoms. The molecule has 4 rings (SSSR count). The molecule has 0 aliphatic rings. The summed E-state index contributed by atoms with van der Waals surface area (Å²) in [4.78, 5) is 8.75. The lowest BCUT2D eigenvalue weighted by atomic mass is 10.1. The topological polar surface area (TPSA) is 81.8 Å². The van der Waals surface area contributed by atoms with E-state index in [4.69, 9.17) is 25.5 Å². The predicted octanol–water partition coefficient (Wildman–Crippen LogP) is 5.11. The van der Waals surface area contributed by atoms with Gasteiger partial charge in [-0.2, -0.15) is 5.10 Å². The first-order valence-corrected chi connectivity index (χ1v) is 9.92. The van der Waals surface area contributed by atoms with Crippen molar-refractivity contribution in [2.75, 3.05) is 19.6 Å². The second-order valence-corrected chi connectivity index (χ2v) is 7.34. The Morgan fingerprint density at radius 1 is 0.903 bits per heavy atom. The highest BCUT2D eigenvalue weighted by atomic mass is 35.5. The van der Waals surface area contributed by atoms with E-state index in [2.05, 4.69) is 20.5 Å². The number of hydrogen-bond donors (Lipinski definition) is 1. The molecule has 31 heavy (non-hydrogen) atoms. The third-order valence-corrected chi connectivity index (χ3v) is 4.87. The number of benzene rings is 2.